The smallest absolute Gasteiger partial charge is 0.247 e. The molecule has 0 unspecified atom stereocenters. The van der Waals surface area contributed by atoms with E-state index >= 15 is 0 Å². The standard InChI is InChI=1S/C19H17BrFNO/c20-16-8-5-14(6-9-16)7-12-19(23)22(17-10-11-17)13-15-3-1-2-4-18(15)21/h1-9,12,17H,10-11,13H2. The first-order valence-corrected chi connectivity index (χ1v) is 8.40. The van der Waals surface area contributed by atoms with Crippen LogP contribution in [0.5, 0.6) is 0 Å². The third kappa shape index (κ3) is 4.29. The van der Waals surface area contributed by atoms with E-state index in [0.717, 1.165) is 22.9 Å². The molecule has 0 spiro atoms. The van der Waals surface area contributed by atoms with Gasteiger partial charge < -0.3 is 4.90 Å². The van der Waals surface area contributed by atoms with Crippen LogP contribution in [-0.2, 0) is 11.3 Å². The van der Waals surface area contributed by atoms with Crippen molar-refractivity contribution in [2.45, 2.75) is 25.4 Å². The van der Waals surface area contributed by atoms with Crippen LogP contribution < -0.4 is 0 Å². The number of hydrogen-bond donors (Lipinski definition) is 0. The monoisotopic (exact) mass is 373 g/mol. The summed E-state index contributed by atoms with van der Waals surface area (Å²) in [5.41, 5.74) is 1.52. The van der Waals surface area contributed by atoms with Crippen molar-refractivity contribution in [1.82, 2.24) is 4.90 Å². The molecule has 0 aliphatic heterocycles. The number of halogens is 2. The molecule has 0 saturated heterocycles. The van der Waals surface area contributed by atoms with Crippen molar-refractivity contribution in [3.8, 4) is 0 Å². The number of nitrogens with zero attached hydrogens (tertiary/aromatic N) is 1. The van der Waals surface area contributed by atoms with Gasteiger partial charge in [-0.3, -0.25) is 4.79 Å². The van der Waals surface area contributed by atoms with Gasteiger partial charge in [0.05, 0.1) is 0 Å². The van der Waals surface area contributed by atoms with E-state index < -0.39 is 0 Å². The molecule has 0 radical (unpaired) electrons. The first-order chi connectivity index (χ1) is 11.1. The first kappa shape index (κ1) is 15.9. The highest BCUT2D eigenvalue weighted by Gasteiger charge is 2.31. The van der Waals surface area contributed by atoms with Gasteiger partial charge in [0.15, 0.2) is 0 Å². The molecular weight excluding hydrogens is 357 g/mol. The maximum absolute atomic E-state index is 13.8. The molecule has 1 aliphatic rings. The molecule has 0 aromatic heterocycles. The lowest BCUT2D eigenvalue weighted by Gasteiger charge is -2.21. The van der Waals surface area contributed by atoms with Gasteiger partial charge in [-0.15, -0.1) is 0 Å². The summed E-state index contributed by atoms with van der Waals surface area (Å²) in [4.78, 5) is 14.2. The molecule has 2 nitrogen and oxygen atoms in total. The SMILES string of the molecule is O=C(C=Cc1ccc(Br)cc1)N(Cc1ccccc1F)C1CC1. The van der Waals surface area contributed by atoms with Crippen LogP contribution in [0.1, 0.15) is 24.0 Å². The van der Waals surface area contributed by atoms with Crippen LogP contribution >= 0.6 is 15.9 Å². The minimum atomic E-state index is -0.261. The topological polar surface area (TPSA) is 20.3 Å². The Morgan fingerprint density at radius 3 is 2.52 bits per heavy atom. The molecule has 0 heterocycles. The number of hydrogen-bond acceptors (Lipinski definition) is 1. The zero-order valence-corrected chi connectivity index (χ0v) is 14.2. The fourth-order valence-corrected chi connectivity index (χ4v) is 2.68. The molecule has 1 saturated carbocycles. The predicted molar refractivity (Wildman–Crippen MR) is 93.1 cm³/mol. The van der Waals surface area contributed by atoms with E-state index in [1.807, 2.05) is 24.3 Å². The minimum absolute atomic E-state index is 0.0707. The van der Waals surface area contributed by atoms with Gasteiger partial charge in [-0.1, -0.05) is 46.3 Å². The lowest BCUT2D eigenvalue weighted by Crippen LogP contribution is -2.31. The van der Waals surface area contributed by atoms with Gasteiger partial charge in [0.25, 0.3) is 0 Å². The van der Waals surface area contributed by atoms with Crippen molar-refractivity contribution < 1.29 is 9.18 Å². The predicted octanol–water partition coefficient (Wildman–Crippen LogP) is 4.79. The molecule has 0 N–H and O–H groups in total. The summed E-state index contributed by atoms with van der Waals surface area (Å²) >= 11 is 3.39. The quantitative estimate of drug-likeness (QED) is 0.689. The average molecular weight is 374 g/mol. The maximum Gasteiger partial charge on any atom is 0.247 e. The van der Waals surface area contributed by atoms with Gasteiger partial charge in [-0.05, 0) is 42.7 Å². The summed E-state index contributed by atoms with van der Waals surface area (Å²) in [5.74, 6) is -0.332. The average Bonchev–Trinajstić information content (AvgIpc) is 3.38. The molecule has 2 aromatic rings. The third-order valence-electron chi connectivity index (χ3n) is 3.86. The molecule has 1 fully saturated rings. The van der Waals surface area contributed by atoms with Crippen LogP contribution in [0.15, 0.2) is 59.1 Å². The Morgan fingerprint density at radius 1 is 1.17 bits per heavy atom. The van der Waals surface area contributed by atoms with Crippen molar-refractivity contribution in [3.05, 3.63) is 76.0 Å². The van der Waals surface area contributed by atoms with E-state index in [1.54, 1.807) is 35.3 Å². The molecule has 1 aliphatic carbocycles. The van der Waals surface area contributed by atoms with Crippen LogP contribution in [0.3, 0.4) is 0 Å². The Morgan fingerprint density at radius 2 is 1.87 bits per heavy atom. The van der Waals surface area contributed by atoms with Gasteiger partial charge in [-0.25, -0.2) is 4.39 Å². The molecule has 3 rings (SSSR count). The summed E-state index contributed by atoms with van der Waals surface area (Å²) in [6.45, 7) is 0.320. The Kier molecular flexibility index (Phi) is 4.91. The summed E-state index contributed by atoms with van der Waals surface area (Å²) in [6, 6.07) is 14.6. The van der Waals surface area contributed by atoms with E-state index in [-0.39, 0.29) is 17.8 Å². The lowest BCUT2D eigenvalue weighted by molar-refractivity contribution is -0.127. The number of carbonyl (C=O) groups excluding carboxylic acids is 1. The second kappa shape index (κ2) is 7.09. The van der Waals surface area contributed by atoms with Crippen molar-refractivity contribution in [2.24, 2.45) is 0 Å². The van der Waals surface area contributed by atoms with E-state index in [4.69, 9.17) is 0 Å². The first-order valence-electron chi connectivity index (χ1n) is 7.61. The van der Waals surface area contributed by atoms with E-state index in [1.165, 1.54) is 6.07 Å². The van der Waals surface area contributed by atoms with E-state index in [2.05, 4.69) is 15.9 Å². The molecule has 0 bridgehead atoms. The lowest BCUT2D eigenvalue weighted by atomic mass is 10.2. The summed E-state index contributed by atoms with van der Waals surface area (Å²) < 4.78 is 14.8. The molecule has 2 aromatic carbocycles. The van der Waals surface area contributed by atoms with E-state index in [0.29, 0.717) is 12.1 Å². The zero-order chi connectivity index (χ0) is 16.2. The number of benzene rings is 2. The largest absolute Gasteiger partial charge is 0.332 e. The van der Waals surface area contributed by atoms with Gasteiger partial charge in [0.2, 0.25) is 5.91 Å². The Balaban J connectivity index is 1.72. The summed E-state index contributed by atoms with van der Waals surface area (Å²) in [5, 5.41) is 0. The van der Waals surface area contributed by atoms with Gasteiger partial charge in [-0.2, -0.15) is 0 Å². The summed E-state index contributed by atoms with van der Waals surface area (Å²) in [7, 11) is 0. The highest BCUT2D eigenvalue weighted by Crippen LogP contribution is 2.29. The highest BCUT2D eigenvalue weighted by molar-refractivity contribution is 9.10. The fraction of sp³-hybridized carbons (Fsp3) is 0.211. The number of carbonyl (C=O) groups is 1. The van der Waals surface area contributed by atoms with Crippen molar-refractivity contribution in [1.29, 1.82) is 0 Å². The number of rotatable bonds is 5. The second-order valence-electron chi connectivity index (χ2n) is 5.67. The Hall–Kier alpha value is -1.94. The molecule has 4 heteroatoms. The molecule has 0 atom stereocenters. The van der Waals surface area contributed by atoms with Crippen LogP contribution in [-0.4, -0.2) is 16.8 Å². The van der Waals surface area contributed by atoms with Crippen LogP contribution in [0.4, 0.5) is 4.39 Å². The van der Waals surface area contributed by atoms with Crippen molar-refractivity contribution in [3.63, 3.8) is 0 Å². The molecule has 1 amide bonds. The van der Waals surface area contributed by atoms with E-state index in [9.17, 15) is 9.18 Å². The van der Waals surface area contributed by atoms with Gasteiger partial charge in [0.1, 0.15) is 5.82 Å². The zero-order valence-electron chi connectivity index (χ0n) is 12.6. The third-order valence-corrected chi connectivity index (χ3v) is 4.39. The number of amides is 1. The van der Waals surface area contributed by atoms with Crippen LogP contribution in [0.25, 0.3) is 6.08 Å². The van der Waals surface area contributed by atoms with Crippen molar-refractivity contribution in [2.75, 3.05) is 0 Å². The fourth-order valence-electron chi connectivity index (χ4n) is 2.42. The maximum atomic E-state index is 13.8. The molecular formula is C19H17BrFNO. The highest BCUT2D eigenvalue weighted by atomic mass is 79.9. The minimum Gasteiger partial charge on any atom is -0.332 e. The molecule has 23 heavy (non-hydrogen) atoms. The van der Waals surface area contributed by atoms with Gasteiger partial charge >= 0.3 is 0 Å². The Labute approximate surface area is 143 Å². The normalized spacial score (nSPS) is 14.2. The van der Waals surface area contributed by atoms with Crippen LogP contribution in [0, 0.1) is 5.82 Å². The van der Waals surface area contributed by atoms with Crippen LogP contribution in [0.2, 0.25) is 0 Å². The van der Waals surface area contributed by atoms with Crippen molar-refractivity contribution >= 4 is 27.9 Å². The summed E-state index contributed by atoms with van der Waals surface area (Å²) in [6.07, 6.45) is 5.35. The second-order valence-corrected chi connectivity index (χ2v) is 6.59. The Bertz CT molecular complexity index is 722. The van der Waals surface area contributed by atoms with Gasteiger partial charge in [0, 0.05) is 28.7 Å². The molecule has 118 valence electrons.